The minimum absolute atomic E-state index is 0.271. The summed E-state index contributed by atoms with van der Waals surface area (Å²) in [5, 5.41) is 1.61. The van der Waals surface area contributed by atoms with E-state index < -0.39 is 5.97 Å². The van der Waals surface area contributed by atoms with Gasteiger partial charge < -0.3 is 9.47 Å². The fourth-order valence-corrected chi connectivity index (χ4v) is 3.18. The van der Waals surface area contributed by atoms with Gasteiger partial charge in [0, 0.05) is 5.39 Å². The lowest BCUT2D eigenvalue weighted by Gasteiger charge is -2.12. The van der Waals surface area contributed by atoms with Crippen LogP contribution in [0.4, 0.5) is 0 Å². The monoisotopic (exact) mass is 426 g/mol. The van der Waals surface area contributed by atoms with Crippen LogP contribution in [-0.4, -0.2) is 18.9 Å². The van der Waals surface area contributed by atoms with Crippen molar-refractivity contribution in [2.45, 2.75) is 19.8 Å². The van der Waals surface area contributed by atoms with Crippen molar-refractivity contribution < 1.29 is 19.1 Å². The number of benzene rings is 3. The summed E-state index contributed by atoms with van der Waals surface area (Å²) in [6.45, 7) is 2.72. The van der Waals surface area contributed by atoms with E-state index in [9.17, 15) is 9.59 Å². The van der Waals surface area contributed by atoms with Crippen molar-refractivity contribution in [3.05, 3.63) is 70.2 Å². The second kappa shape index (κ2) is 8.82. The van der Waals surface area contributed by atoms with E-state index in [1.165, 1.54) is 0 Å². The van der Waals surface area contributed by atoms with Gasteiger partial charge in [-0.05, 0) is 52.0 Å². The molecule has 0 saturated carbocycles. The Morgan fingerprint density at radius 2 is 1.93 bits per heavy atom. The van der Waals surface area contributed by atoms with Crippen molar-refractivity contribution in [3.8, 4) is 11.5 Å². The first-order valence-corrected chi connectivity index (χ1v) is 9.54. The molecule has 0 aliphatic heterocycles. The third-order valence-electron chi connectivity index (χ3n) is 4.15. The van der Waals surface area contributed by atoms with E-state index in [1.54, 1.807) is 24.3 Å². The number of carbonyl (C=O) groups is 2. The number of esters is 1. The Balaban J connectivity index is 1.86. The molecule has 0 heterocycles. The molecule has 3 aromatic rings. The Morgan fingerprint density at radius 1 is 1.11 bits per heavy atom. The van der Waals surface area contributed by atoms with Gasteiger partial charge in [0.1, 0.15) is 11.5 Å². The van der Waals surface area contributed by atoms with Crippen LogP contribution in [-0.2, 0) is 0 Å². The molecular formula is C22H19BrO4. The molecule has 138 valence electrons. The average Bonchev–Trinajstić information content (AvgIpc) is 2.69. The van der Waals surface area contributed by atoms with Gasteiger partial charge in [0.15, 0.2) is 6.29 Å². The van der Waals surface area contributed by atoms with Crippen molar-refractivity contribution in [2.24, 2.45) is 0 Å². The Morgan fingerprint density at radius 3 is 2.67 bits per heavy atom. The second-order valence-corrected chi connectivity index (χ2v) is 6.91. The Kier molecular flexibility index (Phi) is 6.24. The molecular weight excluding hydrogens is 408 g/mol. The zero-order valence-corrected chi connectivity index (χ0v) is 16.5. The number of hydrogen-bond acceptors (Lipinski definition) is 4. The maximum absolute atomic E-state index is 12.7. The van der Waals surface area contributed by atoms with Crippen molar-refractivity contribution in [3.63, 3.8) is 0 Å². The van der Waals surface area contributed by atoms with E-state index in [0.29, 0.717) is 39.6 Å². The summed E-state index contributed by atoms with van der Waals surface area (Å²) in [6.07, 6.45) is 2.70. The van der Waals surface area contributed by atoms with Gasteiger partial charge in [0.2, 0.25) is 0 Å². The molecule has 5 heteroatoms. The molecule has 0 aliphatic carbocycles. The average molecular weight is 427 g/mol. The zero-order chi connectivity index (χ0) is 19.2. The maximum atomic E-state index is 12.7. The lowest BCUT2D eigenvalue weighted by Crippen LogP contribution is -2.10. The third-order valence-corrected chi connectivity index (χ3v) is 4.77. The molecule has 27 heavy (non-hydrogen) atoms. The minimum Gasteiger partial charge on any atom is -0.492 e. The first-order chi connectivity index (χ1) is 13.1. The first kappa shape index (κ1) is 19.1. The topological polar surface area (TPSA) is 52.6 Å². The highest BCUT2D eigenvalue weighted by atomic mass is 79.9. The van der Waals surface area contributed by atoms with E-state index in [2.05, 4.69) is 22.9 Å². The van der Waals surface area contributed by atoms with Gasteiger partial charge in [0.25, 0.3) is 0 Å². The van der Waals surface area contributed by atoms with Crippen LogP contribution < -0.4 is 9.47 Å². The summed E-state index contributed by atoms with van der Waals surface area (Å²) >= 11 is 3.43. The summed E-state index contributed by atoms with van der Waals surface area (Å²) in [5.41, 5.74) is 0.704. The zero-order valence-electron chi connectivity index (χ0n) is 14.9. The molecule has 0 atom stereocenters. The molecule has 3 aromatic carbocycles. The van der Waals surface area contributed by atoms with E-state index in [0.717, 1.165) is 18.2 Å². The van der Waals surface area contributed by atoms with Crippen molar-refractivity contribution in [1.82, 2.24) is 0 Å². The largest absolute Gasteiger partial charge is 0.492 e. The minimum atomic E-state index is -0.532. The van der Waals surface area contributed by atoms with Crippen LogP contribution in [0.1, 0.15) is 40.5 Å². The molecule has 0 fully saturated rings. The molecule has 0 unspecified atom stereocenters. The highest BCUT2D eigenvalue weighted by Gasteiger charge is 2.16. The van der Waals surface area contributed by atoms with E-state index in [1.807, 2.05) is 30.3 Å². The smallest absolute Gasteiger partial charge is 0.343 e. The highest BCUT2D eigenvalue weighted by Crippen LogP contribution is 2.31. The number of halogens is 1. The van der Waals surface area contributed by atoms with Crippen LogP contribution in [0.15, 0.2) is 59.1 Å². The second-order valence-electron chi connectivity index (χ2n) is 6.06. The van der Waals surface area contributed by atoms with Crippen molar-refractivity contribution >= 4 is 39.0 Å². The summed E-state index contributed by atoms with van der Waals surface area (Å²) in [5.74, 6) is 0.418. The van der Waals surface area contributed by atoms with E-state index in [4.69, 9.17) is 9.47 Å². The summed E-state index contributed by atoms with van der Waals surface area (Å²) < 4.78 is 12.0. The standard InChI is InChI=1S/C22H19BrO4/c1-2-3-12-26-20-11-10-16(13-19(20)23)22(25)27-21-17(14-24)9-8-15-6-4-5-7-18(15)21/h4-11,13-14H,2-3,12H2,1H3. The number of rotatable bonds is 7. The highest BCUT2D eigenvalue weighted by molar-refractivity contribution is 9.10. The predicted molar refractivity (Wildman–Crippen MR) is 109 cm³/mol. The molecule has 4 nitrogen and oxygen atoms in total. The molecule has 0 spiro atoms. The normalized spacial score (nSPS) is 10.6. The quantitative estimate of drug-likeness (QED) is 0.207. The number of hydrogen-bond donors (Lipinski definition) is 0. The number of unbranched alkanes of at least 4 members (excludes halogenated alkanes) is 1. The van der Waals surface area contributed by atoms with Gasteiger partial charge in [0.05, 0.1) is 22.2 Å². The lowest BCUT2D eigenvalue weighted by atomic mass is 10.1. The number of fused-ring (bicyclic) bond motifs is 1. The number of ether oxygens (including phenoxy) is 2. The molecule has 0 radical (unpaired) electrons. The Bertz CT molecular complexity index is 981. The van der Waals surface area contributed by atoms with Crippen LogP contribution >= 0.6 is 15.9 Å². The first-order valence-electron chi connectivity index (χ1n) is 8.75. The van der Waals surface area contributed by atoms with Crippen LogP contribution in [0.2, 0.25) is 0 Å². The number of aldehydes is 1. The van der Waals surface area contributed by atoms with Gasteiger partial charge >= 0.3 is 5.97 Å². The van der Waals surface area contributed by atoms with Gasteiger partial charge in [-0.2, -0.15) is 0 Å². The Labute approximate surface area is 166 Å². The molecule has 0 aromatic heterocycles. The van der Waals surface area contributed by atoms with Crippen LogP contribution in [0.25, 0.3) is 10.8 Å². The van der Waals surface area contributed by atoms with Crippen LogP contribution in [0, 0.1) is 0 Å². The Hall–Kier alpha value is -2.66. The van der Waals surface area contributed by atoms with Gasteiger partial charge in [-0.15, -0.1) is 0 Å². The summed E-state index contributed by atoms with van der Waals surface area (Å²) in [4.78, 5) is 24.0. The van der Waals surface area contributed by atoms with Gasteiger partial charge in [-0.25, -0.2) is 4.79 Å². The third kappa shape index (κ3) is 4.37. The predicted octanol–water partition coefficient (Wildman–Crippen LogP) is 5.81. The van der Waals surface area contributed by atoms with E-state index >= 15 is 0 Å². The summed E-state index contributed by atoms with van der Waals surface area (Å²) in [7, 11) is 0. The van der Waals surface area contributed by atoms with Crippen molar-refractivity contribution in [2.75, 3.05) is 6.61 Å². The maximum Gasteiger partial charge on any atom is 0.343 e. The van der Waals surface area contributed by atoms with Crippen LogP contribution in [0.3, 0.4) is 0 Å². The molecule has 0 saturated heterocycles. The fraction of sp³-hybridized carbons (Fsp3) is 0.182. The molecule has 0 N–H and O–H groups in total. The van der Waals surface area contributed by atoms with Crippen molar-refractivity contribution in [1.29, 1.82) is 0 Å². The van der Waals surface area contributed by atoms with E-state index in [-0.39, 0.29) is 5.75 Å². The molecule has 0 bridgehead atoms. The summed E-state index contributed by atoms with van der Waals surface area (Å²) in [6, 6.07) is 16.0. The molecule has 3 rings (SSSR count). The molecule has 0 aliphatic rings. The molecule has 0 amide bonds. The fourth-order valence-electron chi connectivity index (χ4n) is 2.69. The lowest BCUT2D eigenvalue weighted by molar-refractivity contribution is 0.0736. The number of carbonyl (C=O) groups excluding carboxylic acids is 2. The van der Waals surface area contributed by atoms with Gasteiger partial charge in [-0.1, -0.05) is 43.7 Å². The van der Waals surface area contributed by atoms with Gasteiger partial charge in [-0.3, -0.25) is 4.79 Å². The van der Waals surface area contributed by atoms with Crippen LogP contribution in [0.5, 0.6) is 11.5 Å². The SMILES string of the molecule is CCCCOc1ccc(C(=O)Oc2c(C=O)ccc3ccccc23)cc1Br.